The van der Waals surface area contributed by atoms with Gasteiger partial charge in [-0.25, -0.2) is 0 Å². The first-order chi connectivity index (χ1) is 8.34. The highest BCUT2D eigenvalue weighted by Gasteiger charge is 2.31. The second kappa shape index (κ2) is 4.24. The lowest BCUT2D eigenvalue weighted by Gasteiger charge is -2.05. The number of thiophene rings is 1. The van der Waals surface area contributed by atoms with E-state index in [-0.39, 0.29) is 5.78 Å². The number of fused-ring (bicyclic) bond motifs is 1. The lowest BCUT2D eigenvalue weighted by atomic mass is 10.1. The van der Waals surface area contributed by atoms with Crippen LogP contribution >= 0.6 is 11.3 Å². The minimum atomic E-state index is -4.37. The quantitative estimate of drug-likeness (QED) is 0.576. The van der Waals surface area contributed by atoms with Crippen molar-refractivity contribution in [3.8, 4) is 0 Å². The molecule has 0 atom stereocenters. The first kappa shape index (κ1) is 12.8. The number of benzene rings is 1. The van der Waals surface area contributed by atoms with Crippen molar-refractivity contribution < 1.29 is 18.0 Å². The zero-order valence-corrected chi connectivity index (χ0v) is 10.3. The Morgan fingerprint density at radius 1 is 1.39 bits per heavy atom. The number of halogens is 3. The average molecular weight is 270 g/mol. The summed E-state index contributed by atoms with van der Waals surface area (Å²) >= 11 is 1.07. The monoisotopic (exact) mass is 270 g/mol. The molecule has 0 aliphatic rings. The fraction of sp³-hybridized carbons (Fsp3) is 0.154. The third-order valence-corrected chi connectivity index (χ3v) is 3.94. The van der Waals surface area contributed by atoms with Crippen molar-refractivity contribution in [2.75, 3.05) is 0 Å². The first-order valence-electron chi connectivity index (χ1n) is 5.11. The van der Waals surface area contributed by atoms with Gasteiger partial charge >= 0.3 is 6.18 Å². The Labute approximate surface area is 106 Å². The van der Waals surface area contributed by atoms with Gasteiger partial charge in [0.15, 0.2) is 5.78 Å². The molecule has 1 aromatic carbocycles. The number of rotatable bonds is 2. The number of aryl methyl sites for hydroxylation is 1. The van der Waals surface area contributed by atoms with Crippen molar-refractivity contribution in [3.05, 3.63) is 46.9 Å². The molecule has 2 rings (SSSR count). The van der Waals surface area contributed by atoms with Crippen LogP contribution in [-0.2, 0) is 6.18 Å². The Bertz CT molecular complexity index is 637. The van der Waals surface area contributed by atoms with Gasteiger partial charge in [0, 0.05) is 4.70 Å². The summed E-state index contributed by atoms with van der Waals surface area (Å²) in [6.45, 7) is 5.11. The van der Waals surface area contributed by atoms with Crippen molar-refractivity contribution in [3.63, 3.8) is 0 Å². The summed E-state index contributed by atoms with van der Waals surface area (Å²) < 4.78 is 38.2. The second-order valence-corrected chi connectivity index (χ2v) is 4.89. The molecule has 5 heteroatoms. The number of alkyl halides is 3. The predicted octanol–water partition coefficient (Wildman–Crippen LogP) is 4.60. The molecule has 0 fully saturated rings. The van der Waals surface area contributed by atoms with E-state index in [1.54, 1.807) is 6.92 Å². The van der Waals surface area contributed by atoms with E-state index in [2.05, 4.69) is 6.58 Å². The number of carbonyl (C=O) groups excluding carboxylic acids is 1. The molecule has 2 aromatic rings. The molecule has 0 aliphatic heterocycles. The van der Waals surface area contributed by atoms with Crippen molar-refractivity contribution in [1.82, 2.24) is 0 Å². The lowest BCUT2D eigenvalue weighted by molar-refractivity contribution is -0.137. The third kappa shape index (κ3) is 2.06. The first-order valence-corrected chi connectivity index (χ1v) is 5.93. The van der Waals surface area contributed by atoms with E-state index in [9.17, 15) is 18.0 Å². The van der Waals surface area contributed by atoms with Crippen molar-refractivity contribution in [1.29, 1.82) is 0 Å². The van der Waals surface area contributed by atoms with Crippen molar-refractivity contribution >= 4 is 27.2 Å². The largest absolute Gasteiger partial charge is 0.416 e. The minimum absolute atomic E-state index is 0.262. The van der Waals surface area contributed by atoms with Gasteiger partial charge in [-0.15, -0.1) is 11.3 Å². The number of ketones is 1. The number of allylic oxidation sites excluding steroid dienone is 1. The minimum Gasteiger partial charge on any atom is -0.288 e. The van der Waals surface area contributed by atoms with Gasteiger partial charge in [0.1, 0.15) is 0 Å². The standard InChI is InChI=1S/C13H9F3OS/c1-3-10(17)12-7(2)9-5-4-8(13(14,15)16)6-11(9)18-12/h3-6H,1H2,2H3. The number of hydrogen-bond donors (Lipinski definition) is 0. The maximum atomic E-state index is 12.6. The van der Waals surface area contributed by atoms with Crippen LogP contribution in [0.5, 0.6) is 0 Å². The summed E-state index contributed by atoms with van der Waals surface area (Å²) in [7, 11) is 0. The van der Waals surface area contributed by atoms with E-state index in [1.165, 1.54) is 12.1 Å². The van der Waals surface area contributed by atoms with Crippen LogP contribution in [0.25, 0.3) is 10.1 Å². The molecule has 1 heterocycles. The van der Waals surface area contributed by atoms with E-state index in [0.717, 1.165) is 23.5 Å². The summed E-state index contributed by atoms with van der Waals surface area (Å²) in [5, 5.41) is 0.679. The highest BCUT2D eigenvalue weighted by atomic mass is 32.1. The van der Waals surface area contributed by atoms with E-state index >= 15 is 0 Å². The number of hydrogen-bond acceptors (Lipinski definition) is 2. The molecule has 0 aliphatic carbocycles. The molecule has 0 amide bonds. The van der Waals surface area contributed by atoms with Crippen LogP contribution in [0.2, 0.25) is 0 Å². The maximum absolute atomic E-state index is 12.6. The van der Waals surface area contributed by atoms with Crippen LogP contribution in [-0.4, -0.2) is 5.78 Å². The molecule has 1 aromatic heterocycles. The predicted molar refractivity (Wildman–Crippen MR) is 66.1 cm³/mol. The van der Waals surface area contributed by atoms with Gasteiger partial charge in [-0.1, -0.05) is 12.6 Å². The van der Waals surface area contributed by atoms with Crippen molar-refractivity contribution in [2.24, 2.45) is 0 Å². The Kier molecular flexibility index (Phi) is 3.02. The third-order valence-electron chi connectivity index (χ3n) is 2.67. The molecule has 1 nitrogen and oxygen atoms in total. The molecular weight excluding hydrogens is 261 g/mol. The van der Waals surface area contributed by atoms with Crippen LogP contribution in [0.3, 0.4) is 0 Å². The molecule has 0 saturated carbocycles. The van der Waals surface area contributed by atoms with Gasteiger partial charge in [-0.05, 0) is 36.1 Å². The Hall–Kier alpha value is -1.62. The van der Waals surface area contributed by atoms with Crippen LogP contribution in [0.15, 0.2) is 30.9 Å². The molecule has 18 heavy (non-hydrogen) atoms. The van der Waals surface area contributed by atoms with Gasteiger partial charge in [0.25, 0.3) is 0 Å². The second-order valence-electron chi connectivity index (χ2n) is 3.83. The van der Waals surface area contributed by atoms with E-state index in [0.29, 0.717) is 20.5 Å². The fourth-order valence-electron chi connectivity index (χ4n) is 1.73. The Morgan fingerprint density at radius 2 is 2.06 bits per heavy atom. The fourth-order valence-corrected chi connectivity index (χ4v) is 2.91. The Morgan fingerprint density at radius 3 is 2.61 bits per heavy atom. The zero-order valence-electron chi connectivity index (χ0n) is 9.47. The maximum Gasteiger partial charge on any atom is 0.416 e. The average Bonchev–Trinajstić information content (AvgIpc) is 2.64. The van der Waals surface area contributed by atoms with Crippen LogP contribution in [0, 0.1) is 6.92 Å². The van der Waals surface area contributed by atoms with E-state index < -0.39 is 11.7 Å². The van der Waals surface area contributed by atoms with Gasteiger partial charge in [-0.3, -0.25) is 4.79 Å². The molecule has 0 radical (unpaired) electrons. The molecule has 0 N–H and O–H groups in total. The van der Waals surface area contributed by atoms with Crippen molar-refractivity contribution in [2.45, 2.75) is 13.1 Å². The summed E-state index contributed by atoms with van der Waals surface area (Å²) in [6, 6.07) is 3.51. The van der Waals surface area contributed by atoms with Gasteiger partial charge in [-0.2, -0.15) is 13.2 Å². The van der Waals surface area contributed by atoms with Crippen LogP contribution < -0.4 is 0 Å². The van der Waals surface area contributed by atoms with E-state index in [1.807, 2.05) is 0 Å². The Balaban J connectivity index is 2.66. The molecule has 0 spiro atoms. The summed E-state index contributed by atoms with van der Waals surface area (Å²) in [6.07, 6.45) is -3.20. The van der Waals surface area contributed by atoms with Gasteiger partial charge in [0.2, 0.25) is 0 Å². The summed E-state index contributed by atoms with van der Waals surface area (Å²) in [4.78, 5) is 12.0. The zero-order chi connectivity index (χ0) is 13.5. The molecule has 0 saturated heterocycles. The highest BCUT2D eigenvalue weighted by molar-refractivity contribution is 7.21. The van der Waals surface area contributed by atoms with Gasteiger partial charge in [0.05, 0.1) is 10.4 Å². The molecule has 94 valence electrons. The SMILES string of the molecule is C=CC(=O)c1sc2cc(C(F)(F)F)ccc2c1C. The topological polar surface area (TPSA) is 17.1 Å². The lowest BCUT2D eigenvalue weighted by Crippen LogP contribution is -2.03. The molecule has 0 unspecified atom stereocenters. The van der Waals surface area contributed by atoms with E-state index in [4.69, 9.17) is 0 Å². The smallest absolute Gasteiger partial charge is 0.288 e. The van der Waals surface area contributed by atoms with Crippen LogP contribution in [0.1, 0.15) is 20.8 Å². The number of carbonyl (C=O) groups is 1. The van der Waals surface area contributed by atoms with Gasteiger partial charge < -0.3 is 0 Å². The molecular formula is C13H9F3OS. The summed E-state index contributed by atoms with van der Waals surface area (Å²) in [5.74, 6) is -0.262. The molecule has 0 bridgehead atoms. The normalized spacial score (nSPS) is 11.8. The highest BCUT2D eigenvalue weighted by Crippen LogP contribution is 2.36. The van der Waals surface area contributed by atoms with Crippen LogP contribution in [0.4, 0.5) is 13.2 Å². The summed E-state index contributed by atoms with van der Waals surface area (Å²) in [5.41, 5.74) is 0.00229.